The second kappa shape index (κ2) is 7.93. The zero-order valence-corrected chi connectivity index (χ0v) is 14.1. The lowest BCUT2D eigenvalue weighted by molar-refractivity contribution is -0.119. The van der Waals surface area contributed by atoms with Crippen molar-refractivity contribution >= 4 is 29.2 Å². The number of hydrogen-bond acceptors (Lipinski definition) is 3. The van der Waals surface area contributed by atoms with Crippen LogP contribution in [-0.2, 0) is 9.53 Å². The Morgan fingerprint density at radius 2 is 1.88 bits per heavy atom. The first-order chi connectivity index (χ1) is 11.4. The fourth-order valence-electron chi connectivity index (χ4n) is 2.20. The second-order valence-corrected chi connectivity index (χ2v) is 5.87. The van der Waals surface area contributed by atoms with Gasteiger partial charge in [0.2, 0.25) is 0 Å². The van der Waals surface area contributed by atoms with Crippen molar-refractivity contribution in [1.82, 2.24) is 0 Å². The molecule has 0 bridgehead atoms. The van der Waals surface area contributed by atoms with Crippen LogP contribution in [0.4, 0.5) is 10.1 Å². The van der Waals surface area contributed by atoms with E-state index in [1.165, 1.54) is 12.1 Å². The molecule has 6 heteroatoms. The van der Waals surface area contributed by atoms with Crippen LogP contribution in [0.3, 0.4) is 0 Å². The summed E-state index contributed by atoms with van der Waals surface area (Å²) in [6, 6.07) is 11.2. The molecular formula is C18H17ClFNO3. The van der Waals surface area contributed by atoms with Crippen LogP contribution in [0.1, 0.15) is 35.7 Å². The summed E-state index contributed by atoms with van der Waals surface area (Å²) in [6.07, 6.45) is 0. The van der Waals surface area contributed by atoms with E-state index in [-0.39, 0.29) is 16.5 Å². The van der Waals surface area contributed by atoms with Crippen molar-refractivity contribution in [3.63, 3.8) is 0 Å². The van der Waals surface area contributed by atoms with Crippen LogP contribution in [-0.4, -0.2) is 18.5 Å². The number of ether oxygens (including phenoxy) is 1. The quantitative estimate of drug-likeness (QED) is 0.814. The lowest BCUT2D eigenvalue weighted by Crippen LogP contribution is -2.22. The normalized spacial score (nSPS) is 10.5. The number of esters is 1. The molecule has 2 aromatic rings. The Balaban J connectivity index is 2.00. The molecule has 0 saturated heterocycles. The van der Waals surface area contributed by atoms with Crippen molar-refractivity contribution in [3.05, 3.63) is 64.4 Å². The Kier molecular flexibility index (Phi) is 5.93. The van der Waals surface area contributed by atoms with Gasteiger partial charge in [-0.05, 0) is 29.7 Å². The summed E-state index contributed by atoms with van der Waals surface area (Å²) in [5.41, 5.74) is 1.24. The number of carbonyl (C=O) groups is 2. The molecule has 0 unspecified atom stereocenters. The van der Waals surface area contributed by atoms with Gasteiger partial charge in [0.1, 0.15) is 11.4 Å². The highest BCUT2D eigenvalue weighted by atomic mass is 35.5. The molecule has 0 atom stereocenters. The van der Waals surface area contributed by atoms with Gasteiger partial charge in [-0.3, -0.25) is 4.79 Å². The molecule has 24 heavy (non-hydrogen) atoms. The van der Waals surface area contributed by atoms with Gasteiger partial charge in [-0.25, -0.2) is 9.18 Å². The zero-order chi connectivity index (χ0) is 17.7. The maximum Gasteiger partial charge on any atom is 0.343 e. The predicted molar refractivity (Wildman–Crippen MR) is 90.9 cm³/mol. The van der Waals surface area contributed by atoms with Gasteiger partial charge in [-0.1, -0.05) is 49.7 Å². The number of carbonyl (C=O) groups excluding carboxylic acids is 2. The van der Waals surface area contributed by atoms with Gasteiger partial charge in [0.05, 0.1) is 5.02 Å². The lowest BCUT2D eigenvalue weighted by atomic mass is 10.0. The molecule has 0 spiro atoms. The summed E-state index contributed by atoms with van der Waals surface area (Å²) >= 11 is 5.78. The molecule has 0 radical (unpaired) electrons. The third-order valence-corrected chi connectivity index (χ3v) is 3.67. The lowest BCUT2D eigenvalue weighted by Gasteiger charge is -2.13. The summed E-state index contributed by atoms with van der Waals surface area (Å²) in [5.74, 6) is -2.06. The van der Waals surface area contributed by atoms with E-state index in [2.05, 4.69) is 5.32 Å². The Hall–Kier alpha value is -2.40. The third-order valence-electron chi connectivity index (χ3n) is 3.36. The molecule has 0 aromatic heterocycles. The highest BCUT2D eigenvalue weighted by molar-refractivity contribution is 6.33. The topological polar surface area (TPSA) is 55.4 Å². The minimum absolute atomic E-state index is 0.0643. The highest BCUT2D eigenvalue weighted by Gasteiger charge is 2.18. The van der Waals surface area contributed by atoms with Crippen molar-refractivity contribution in [2.24, 2.45) is 0 Å². The second-order valence-electron chi connectivity index (χ2n) is 5.46. The van der Waals surface area contributed by atoms with Gasteiger partial charge in [0.25, 0.3) is 5.91 Å². The van der Waals surface area contributed by atoms with Crippen molar-refractivity contribution in [1.29, 1.82) is 0 Å². The van der Waals surface area contributed by atoms with Crippen LogP contribution in [0.5, 0.6) is 0 Å². The van der Waals surface area contributed by atoms with Gasteiger partial charge in [0.15, 0.2) is 6.61 Å². The van der Waals surface area contributed by atoms with Crippen molar-refractivity contribution in [2.45, 2.75) is 19.8 Å². The smallest absolute Gasteiger partial charge is 0.343 e. The van der Waals surface area contributed by atoms with Gasteiger partial charge in [-0.2, -0.15) is 0 Å². The Morgan fingerprint density at radius 3 is 2.54 bits per heavy atom. The van der Waals surface area contributed by atoms with Crippen LogP contribution in [0, 0.1) is 5.82 Å². The molecule has 4 nitrogen and oxygen atoms in total. The van der Waals surface area contributed by atoms with Crippen molar-refractivity contribution in [2.75, 3.05) is 11.9 Å². The average molecular weight is 350 g/mol. The van der Waals surface area contributed by atoms with E-state index in [1.807, 2.05) is 26.0 Å². The number of rotatable bonds is 5. The molecule has 2 aromatic carbocycles. The fourth-order valence-corrected chi connectivity index (χ4v) is 2.44. The molecule has 0 aliphatic carbocycles. The minimum Gasteiger partial charge on any atom is -0.452 e. The van der Waals surface area contributed by atoms with E-state index in [9.17, 15) is 14.0 Å². The van der Waals surface area contributed by atoms with Crippen LogP contribution < -0.4 is 5.32 Å². The monoisotopic (exact) mass is 349 g/mol. The Morgan fingerprint density at radius 1 is 1.17 bits per heavy atom. The van der Waals surface area contributed by atoms with Gasteiger partial charge < -0.3 is 10.1 Å². The molecule has 2 rings (SSSR count). The molecule has 0 fully saturated rings. The Bertz CT molecular complexity index is 741. The maximum atomic E-state index is 13.6. The van der Waals surface area contributed by atoms with Gasteiger partial charge in [0, 0.05) is 5.69 Å². The van der Waals surface area contributed by atoms with Crippen LogP contribution in [0.25, 0.3) is 0 Å². The fraction of sp³-hybridized carbons (Fsp3) is 0.222. The van der Waals surface area contributed by atoms with Crippen LogP contribution in [0.2, 0.25) is 5.02 Å². The molecule has 0 aliphatic rings. The number of hydrogen-bond donors (Lipinski definition) is 1. The molecule has 0 aliphatic heterocycles. The predicted octanol–water partition coefficient (Wildman–Crippen LogP) is 4.40. The average Bonchev–Trinajstić information content (AvgIpc) is 2.53. The maximum absolute atomic E-state index is 13.6. The first-order valence-electron chi connectivity index (χ1n) is 7.40. The van der Waals surface area contributed by atoms with E-state index >= 15 is 0 Å². The van der Waals surface area contributed by atoms with Crippen molar-refractivity contribution in [3.8, 4) is 0 Å². The first kappa shape index (κ1) is 17.9. The summed E-state index contributed by atoms with van der Waals surface area (Å²) in [4.78, 5) is 23.9. The largest absolute Gasteiger partial charge is 0.452 e. The first-order valence-corrected chi connectivity index (χ1v) is 7.78. The van der Waals surface area contributed by atoms with E-state index < -0.39 is 24.3 Å². The molecule has 0 heterocycles. The molecule has 126 valence electrons. The van der Waals surface area contributed by atoms with Crippen LogP contribution >= 0.6 is 11.6 Å². The number of nitrogens with one attached hydrogen (secondary N) is 1. The van der Waals surface area contributed by atoms with E-state index in [1.54, 1.807) is 12.1 Å². The minimum atomic E-state index is -0.981. The highest BCUT2D eigenvalue weighted by Crippen LogP contribution is 2.24. The standard InChI is InChI=1S/C18H17ClFNO3/c1-11(2)12-6-3-4-9-15(12)21-16(22)10-24-18(23)17-13(19)7-5-8-14(17)20/h3-9,11H,10H2,1-2H3,(H,21,22). The number of anilines is 1. The van der Waals surface area contributed by atoms with Crippen LogP contribution in [0.15, 0.2) is 42.5 Å². The number of halogens is 2. The molecule has 0 saturated carbocycles. The van der Waals surface area contributed by atoms with E-state index in [0.717, 1.165) is 11.6 Å². The third kappa shape index (κ3) is 4.32. The summed E-state index contributed by atoms with van der Waals surface area (Å²) in [5, 5.41) is 2.62. The SMILES string of the molecule is CC(C)c1ccccc1NC(=O)COC(=O)c1c(F)cccc1Cl. The van der Waals surface area contributed by atoms with E-state index in [4.69, 9.17) is 16.3 Å². The Labute approximate surface area is 144 Å². The van der Waals surface area contributed by atoms with E-state index in [0.29, 0.717) is 5.69 Å². The summed E-state index contributed by atoms with van der Waals surface area (Å²) in [7, 11) is 0. The molecule has 1 N–H and O–H groups in total. The zero-order valence-electron chi connectivity index (χ0n) is 13.3. The number of amides is 1. The number of para-hydroxylation sites is 1. The summed E-state index contributed by atoms with van der Waals surface area (Å²) in [6.45, 7) is 3.48. The van der Waals surface area contributed by atoms with Gasteiger partial charge in [-0.15, -0.1) is 0 Å². The van der Waals surface area contributed by atoms with Gasteiger partial charge >= 0.3 is 5.97 Å². The molecule has 1 amide bonds. The molecular weight excluding hydrogens is 333 g/mol. The van der Waals surface area contributed by atoms with Crippen molar-refractivity contribution < 1.29 is 18.7 Å². The summed E-state index contributed by atoms with van der Waals surface area (Å²) < 4.78 is 18.5. The number of benzene rings is 2.